The van der Waals surface area contributed by atoms with Crippen LogP contribution in [0, 0.1) is 5.92 Å². The molecule has 3 unspecified atom stereocenters. The largest absolute Gasteiger partial charge is 0.464 e. The minimum Gasteiger partial charge on any atom is -0.464 e. The first-order valence-electron chi connectivity index (χ1n) is 12.2. The number of carbonyl (C=O) groups is 2. The third kappa shape index (κ3) is 6.13. The van der Waals surface area contributed by atoms with Crippen molar-refractivity contribution < 1.29 is 22.4 Å². The van der Waals surface area contributed by atoms with Gasteiger partial charge in [-0.05, 0) is 54.7 Å². The molecule has 0 radical (unpaired) electrons. The number of thiocarbonyl (C=S) groups is 1. The maximum atomic E-state index is 13.4. The quantitative estimate of drug-likeness (QED) is 0.326. The summed E-state index contributed by atoms with van der Waals surface area (Å²) in [5.74, 6) is 2.10. The molecule has 2 amide bonds. The highest BCUT2D eigenvalue weighted by atomic mass is 35.5. The number of thioether (sulfide) groups is 1. The Morgan fingerprint density at radius 1 is 1.27 bits per heavy atom. The molecule has 7 nitrogen and oxygen atoms in total. The van der Waals surface area contributed by atoms with E-state index in [0.29, 0.717) is 38.3 Å². The fourth-order valence-corrected chi connectivity index (χ4v) is 7.93. The van der Waals surface area contributed by atoms with Gasteiger partial charge in [0, 0.05) is 29.9 Å². The van der Waals surface area contributed by atoms with Gasteiger partial charge in [-0.1, -0.05) is 54.6 Å². The van der Waals surface area contributed by atoms with Gasteiger partial charge in [-0.15, -0.1) is 0 Å². The summed E-state index contributed by atoms with van der Waals surface area (Å²) in [6.07, 6.45) is 3.27. The minimum atomic E-state index is -3.19. The van der Waals surface area contributed by atoms with Crippen LogP contribution in [0.3, 0.4) is 0 Å². The second kappa shape index (κ2) is 10.6. The fraction of sp³-hybridized carbons (Fsp3) is 0.423. The van der Waals surface area contributed by atoms with Crippen molar-refractivity contribution >= 4 is 67.6 Å². The molecule has 5 rings (SSSR count). The van der Waals surface area contributed by atoms with Gasteiger partial charge in [0.05, 0.1) is 23.0 Å². The van der Waals surface area contributed by atoms with Gasteiger partial charge in [0.1, 0.15) is 15.8 Å². The molecule has 3 heterocycles. The molecular formula is C26H27ClN2O5S3. The van der Waals surface area contributed by atoms with E-state index in [1.54, 1.807) is 23.1 Å². The average molecular weight is 579 g/mol. The molecule has 2 saturated heterocycles. The molecule has 1 aliphatic carbocycles. The molecule has 1 aromatic heterocycles. The predicted octanol–water partition coefficient (Wildman–Crippen LogP) is 4.86. The first-order chi connectivity index (χ1) is 17.6. The number of halogens is 1. The Bertz CT molecular complexity index is 1370. The molecular weight excluding hydrogens is 552 g/mol. The van der Waals surface area contributed by atoms with Crippen molar-refractivity contribution in [3.8, 4) is 0 Å². The van der Waals surface area contributed by atoms with Gasteiger partial charge in [0.15, 0.2) is 9.84 Å². The Morgan fingerprint density at radius 3 is 2.65 bits per heavy atom. The molecule has 0 bridgehead atoms. The first-order valence-corrected chi connectivity index (χ1v) is 15.6. The molecule has 1 aromatic carbocycles. The monoisotopic (exact) mass is 578 g/mol. The van der Waals surface area contributed by atoms with Gasteiger partial charge in [-0.25, -0.2) is 8.42 Å². The van der Waals surface area contributed by atoms with Crippen molar-refractivity contribution in [2.24, 2.45) is 5.92 Å². The van der Waals surface area contributed by atoms with Crippen LogP contribution in [0.1, 0.15) is 49.2 Å². The van der Waals surface area contributed by atoms with E-state index in [2.05, 4.69) is 6.92 Å². The number of furan rings is 1. The SMILES string of the molecule is CC1CC1c1ccc(CN(C(=O)CCN2C(=O)/C(=C/c3ccc(Cl)cc3)SC2=S)C2CCS(=O)(=O)C2)o1. The second-order valence-corrected chi connectivity index (χ2v) is 14.2. The predicted molar refractivity (Wildman–Crippen MR) is 149 cm³/mol. The molecule has 3 fully saturated rings. The molecule has 2 aromatic rings. The van der Waals surface area contributed by atoms with Crippen LogP contribution >= 0.6 is 35.6 Å². The highest BCUT2D eigenvalue weighted by Crippen LogP contribution is 2.47. The average Bonchev–Trinajstić information content (AvgIpc) is 3.14. The van der Waals surface area contributed by atoms with Crippen LogP contribution in [0.25, 0.3) is 6.08 Å². The van der Waals surface area contributed by atoms with Crippen molar-refractivity contribution in [2.75, 3.05) is 18.1 Å². The van der Waals surface area contributed by atoms with Gasteiger partial charge >= 0.3 is 0 Å². The topological polar surface area (TPSA) is 87.9 Å². The molecule has 3 atom stereocenters. The van der Waals surface area contributed by atoms with Crippen molar-refractivity contribution in [2.45, 2.75) is 44.7 Å². The van der Waals surface area contributed by atoms with Crippen molar-refractivity contribution in [1.82, 2.24) is 9.80 Å². The summed E-state index contributed by atoms with van der Waals surface area (Å²) in [7, 11) is -3.19. The maximum Gasteiger partial charge on any atom is 0.266 e. The normalized spacial score (nSPS) is 25.7. The molecule has 11 heteroatoms. The van der Waals surface area contributed by atoms with E-state index in [0.717, 1.165) is 17.7 Å². The van der Waals surface area contributed by atoms with Crippen LogP contribution < -0.4 is 0 Å². The molecule has 1 saturated carbocycles. The molecule has 0 spiro atoms. The summed E-state index contributed by atoms with van der Waals surface area (Å²) in [4.78, 5) is 29.9. The van der Waals surface area contributed by atoms with Gasteiger partial charge < -0.3 is 9.32 Å². The molecule has 37 heavy (non-hydrogen) atoms. The summed E-state index contributed by atoms with van der Waals surface area (Å²) in [5.41, 5.74) is 0.827. The fourth-order valence-electron chi connectivity index (χ4n) is 4.76. The van der Waals surface area contributed by atoms with Crippen LogP contribution in [0.15, 0.2) is 45.7 Å². The van der Waals surface area contributed by atoms with Gasteiger partial charge in [0.25, 0.3) is 5.91 Å². The van der Waals surface area contributed by atoms with E-state index in [4.69, 9.17) is 28.2 Å². The third-order valence-corrected chi connectivity index (χ3v) is 10.4. The number of amides is 2. The third-order valence-electron chi connectivity index (χ3n) is 7.04. The standard InChI is InChI=1S/C26H27ClN2O5S3/c1-16-12-21(16)22-7-6-20(34-22)14-29(19-9-11-37(32,33)15-19)24(30)8-10-28-25(31)23(36-26(28)35)13-17-2-4-18(27)5-3-17/h2-7,13,16,19,21H,8-12,14-15H2,1H3/b23-13-. The van der Waals surface area contributed by atoms with E-state index >= 15 is 0 Å². The maximum absolute atomic E-state index is 13.4. The van der Waals surface area contributed by atoms with Crippen molar-refractivity contribution in [3.63, 3.8) is 0 Å². The molecule has 2 aliphatic heterocycles. The highest BCUT2D eigenvalue weighted by molar-refractivity contribution is 8.26. The zero-order chi connectivity index (χ0) is 26.3. The number of rotatable bonds is 8. The first kappa shape index (κ1) is 26.5. The van der Waals surface area contributed by atoms with E-state index in [1.165, 1.54) is 16.7 Å². The lowest BCUT2D eigenvalue weighted by molar-refractivity contribution is -0.134. The van der Waals surface area contributed by atoms with Crippen LogP contribution in [-0.4, -0.2) is 58.4 Å². The van der Waals surface area contributed by atoms with Gasteiger partial charge in [0.2, 0.25) is 5.91 Å². The summed E-state index contributed by atoms with van der Waals surface area (Å²) in [6.45, 7) is 2.50. The van der Waals surface area contributed by atoms with E-state index in [9.17, 15) is 18.0 Å². The van der Waals surface area contributed by atoms with Gasteiger partial charge in [-0.3, -0.25) is 14.5 Å². The Labute approximate surface area is 231 Å². The Balaban J connectivity index is 1.26. The summed E-state index contributed by atoms with van der Waals surface area (Å²) < 4.78 is 30.7. The Hall–Kier alpha value is -2.14. The summed E-state index contributed by atoms with van der Waals surface area (Å²) in [5, 5.41) is 0.607. The molecule has 196 valence electrons. The smallest absolute Gasteiger partial charge is 0.266 e. The highest BCUT2D eigenvalue weighted by Gasteiger charge is 2.39. The lowest BCUT2D eigenvalue weighted by Gasteiger charge is -2.28. The minimum absolute atomic E-state index is 0.0322. The number of hydrogen-bond donors (Lipinski definition) is 0. The van der Waals surface area contributed by atoms with Crippen LogP contribution in [0.5, 0.6) is 0 Å². The number of hydrogen-bond acceptors (Lipinski definition) is 7. The van der Waals surface area contributed by atoms with E-state index < -0.39 is 15.9 Å². The number of sulfone groups is 1. The number of benzene rings is 1. The van der Waals surface area contributed by atoms with Crippen LogP contribution in [0.4, 0.5) is 0 Å². The van der Waals surface area contributed by atoms with Crippen molar-refractivity contribution in [1.29, 1.82) is 0 Å². The van der Waals surface area contributed by atoms with Crippen molar-refractivity contribution in [3.05, 3.63) is 63.4 Å². The van der Waals surface area contributed by atoms with Crippen LogP contribution in [0.2, 0.25) is 5.02 Å². The van der Waals surface area contributed by atoms with Crippen LogP contribution in [-0.2, 0) is 26.0 Å². The van der Waals surface area contributed by atoms with Gasteiger partial charge in [-0.2, -0.15) is 0 Å². The summed E-state index contributed by atoms with van der Waals surface area (Å²) in [6, 6.07) is 10.5. The van der Waals surface area contributed by atoms with E-state index in [-0.39, 0.29) is 42.8 Å². The zero-order valence-corrected chi connectivity index (χ0v) is 23.5. The number of nitrogens with zero attached hydrogens (tertiary/aromatic N) is 2. The lowest BCUT2D eigenvalue weighted by atomic mass is 10.2. The zero-order valence-electron chi connectivity index (χ0n) is 20.3. The molecule has 0 N–H and O–H groups in total. The molecule has 3 aliphatic rings. The summed E-state index contributed by atoms with van der Waals surface area (Å²) >= 11 is 12.6. The Morgan fingerprint density at radius 2 is 2.00 bits per heavy atom. The second-order valence-electron chi connectivity index (χ2n) is 9.84. The number of carbonyl (C=O) groups excluding carboxylic acids is 2. The van der Waals surface area contributed by atoms with E-state index in [1.807, 2.05) is 24.3 Å². The lowest BCUT2D eigenvalue weighted by Crippen LogP contribution is -2.42. The Kier molecular flexibility index (Phi) is 7.55.